The van der Waals surface area contributed by atoms with Crippen molar-refractivity contribution in [2.24, 2.45) is 14.1 Å². The third-order valence-electron chi connectivity index (χ3n) is 4.46. The summed E-state index contributed by atoms with van der Waals surface area (Å²) in [5, 5.41) is 0.230. The lowest BCUT2D eigenvalue weighted by Crippen LogP contribution is -2.32. The summed E-state index contributed by atoms with van der Waals surface area (Å²) in [6.45, 7) is 0. The molecule has 10 heteroatoms. The van der Waals surface area contributed by atoms with Crippen LogP contribution in [0.1, 0.15) is 20.7 Å². The van der Waals surface area contributed by atoms with Crippen LogP contribution in [0.3, 0.4) is 0 Å². The minimum absolute atomic E-state index is 0.0682. The molecule has 0 atom stereocenters. The van der Waals surface area contributed by atoms with E-state index in [1.165, 1.54) is 46.5 Å². The highest BCUT2D eigenvalue weighted by molar-refractivity contribution is 7.86. The largest absolute Gasteiger partial charge is 0.328 e. The zero-order valence-corrected chi connectivity index (χ0v) is 15.1. The summed E-state index contributed by atoms with van der Waals surface area (Å²) in [5.74, 6) is -1.71. The molecule has 2 amide bonds. The maximum absolute atomic E-state index is 12.6. The zero-order valence-electron chi connectivity index (χ0n) is 14.2. The van der Waals surface area contributed by atoms with E-state index < -0.39 is 21.9 Å². The highest BCUT2D eigenvalue weighted by Crippen LogP contribution is 2.26. The van der Waals surface area contributed by atoms with E-state index in [1.54, 1.807) is 19.2 Å². The van der Waals surface area contributed by atoms with Crippen LogP contribution in [0.5, 0.6) is 0 Å². The highest BCUT2D eigenvalue weighted by atomic mass is 32.2. The predicted molar refractivity (Wildman–Crippen MR) is 93.4 cm³/mol. The number of aryl methyl sites for hydroxylation is 2. The lowest BCUT2D eigenvalue weighted by Gasteiger charge is -2.13. The third-order valence-corrected chi connectivity index (χ3v) is 5.64. The number of hydrogen-bond acceptors (Lipinski definition) is 6. The van der Waals surface area contributed by atoms with Crippen molar-refractivity contribution >= 4 is 33.0 Å². The Morgan fingerprint density at radius 3 is 1.96 bits per heavy atom. The Balaban J connectivity index is 1.74. The van der Waals surface area contributed by atoms with Gasteiger partial charge in [0, 0.05) is 14.1 Å². The molecule has 1 aliphatic rings. The number of fused-ring (bicyclic) bond motifs is 2. The second-order valence-corrected chi connectivity index (χ2v) is 7.56. The Labute approximate surface area is 153 Å². The fourth-order valence-corrected chi connectivity index (χ4v) is 3.93. The van der Waals surface area contributed by atoms with E-state index >= 15 is 0 Å². The zero-order chi connectivity index (χ0) is 19.5. The van der Waals surface area contributed by atoms with Crippen LogP contribution in [-0.4, -0.2) is 34.4 Å². The van der Waals surface area contributed by atoms with E-state index in [4.69, 9.17) is 4.28 Å². The van der Waals surface area contributed by atoms with Gasteiger partial charge in [0.25, 0.3) is 11.8 Å². The van der Waals surface area contributed by atoms with E-state index in [9.17, 15) is 22.8 Å². The molecule has 0 unspecified atom stereocenters. The van der Waals surface area contributed by atoms with Crippen LogP contribution in [0, 0.1) is 0 Å². The number of nitrogens with zero attached hydrogens (tertiary/aromatic N) is 3. The first-order chi connectivity index (χ1) is 12.7. The molecule has 0 aliphatic carbocycles. The van der Waals surface area contributed by atoms with Crippen molar-refractivity contribution in [1.82, 2.24) is 14.2 Å². The van der Waals surface area contributed by atoms with Gasteiger partial charge < -0.3 is 0 Å². The number of carbonyl (C=O) groups is 2. The average molecular weight is 387 g/mol. The average Bonchev–Trinajstić information content (AvgIpc) is 3.02. The van der Waals surface area contributed by atoms with Crippen molar-refractivity contribution in [3.63, 3.8) is 0 Å². The molecule has 2 aromatic carbocycles. The number of benzene rings is 2. The molecular weight excluding hydrogens is 374 g/mol. The van der Waals surface area contributed by atoms with E-state index in [-0.39, 0.29) is 26.8 Å². The normalized spacial score (nSPS) is 14.2. The standard InChI is InChI=1S/C17H13N3O6S/c1-18-13-8-7-10(9-14(13)19(2)17(18)23)27(24,25)26-20-15(21)11-5-3-4-6-12(11)16(20)22/h3-9H,1-2H3. The number of rotatable bonds is 3. The monoisotopic (exact) mass is 387 g/mol. The van der Waals surface area contributed by atoms with Gasteiger partial charge in [0.2, 0.25) is 0 Å². The lowest BCUT2D eigenvalue weighted by atomic mass is 10.1. The molecule has 1 aliphatic heterocycles. The van der Waals surface area contributed by atoms with Crippen LogP contribution >= 0.6 is 0 Å². The highest BCUT2D eigenvalue weighted by Gasteiger charge is 2.40. The summed E-state index contributed by atoms with van der Waals surface area (Å²) in [7, 11) is -1.41. The number of amides is 2. The molecule has 0 saturated heterocycles. The molecule has 4 rings (SSSR count). The molecule has 2 heterocycles. The molecule has 0 radical (unpaired) electrons. The molecule has 0 saturated carbocycles. The van der Waals surface area contributed by atoms with Gasteiger partial charge in [-0.2, -0.15) is 8.42 Å². The summed E-state index contributed by atoms with van der Waals surface area (Å²) in [6.07, 6.45) is 0. The second-order valence-electron chi connectivity index (χ2n) is 6.03. The number of imidazole rings is 1. The van der Waals surface area contributed by atoms with Crippen LogP contribution in [0.15, 0.2) is 52.2 Å². The molecule has 27 heavy (non-hydrogen) atoms. The quantitative estimate of drug-likeness (QED) is 0.615. The third kappa shape index (κ3) is 2.41. The van der Waals surface area contributed by atoms with E-state index in [0.29, 0.717) is 11.0 Å². The van der Waals surface area contributed by atoms with Crippen LogP contribution in [0.2, 0.25) is 0 Å². The summed E-state index contributed by atoms with van der Waals surface area (Å²) in [4.78, 5) is 36.3. The van der Waals surface area contributed by atoms with Gasteiger partial charge in [-0.15, -0.1) is 9.35 Å². The second kappa shape index (κ2) is 5.63. The minimum atomic E-state index is -4.48. The fourth-order valence-electron chi connectivity index (χ4n) is 3.02. The summed E-state index contributed by atoms with van der Waals surface area (Å²) in [5.41, 5.74) is 0.717. The molecule has 9 nitrogen and oxygen atoms in total. The van der Waals surface area contributed by atoms with E-state index in [0.717, 1.165) is 0 Å². The van der Waals surface area contributed by atoms with Gasteiger partial charge in [0.15, 0.2) is 0 Å². The topological polar surface area (TPSA) is 108 Å². The molecule has 138 valence electrons. The van der Waals surface area contributed by atoms with E-state index in [2.05, 4.69) is 0 Å². The van der Waals surface area contributed by atoms with Gasteiger partial charge in [0.05, 0.1) is 27.1 Å². The van der Waals surface area contributed by atoms with Crippen LogP contribution < -0.4 is 5.69 Å². The molecule has 0 fully saturated rings. The van der Waals surface area contributed by atoms with Gasteiger partial charge in [-0.05, 0) is 30.3 Å². The Hall–Kier alpha value is -3.24. The van der Waals surface area contributed by atoms with Gasteiger partial charge in [-0.1, -0.05) is 12.1 Å². The first kappa shape index (κ1) is 17.2. The van der Waals surface area contributed by atoms with Crippen LogP contribution in [0.25, 0.3) is 11.0 Å². The molecular formula is C17H13N3O6S. The smallest absolute Gasteiger partial charge is 0.295 e. The van der Waals surface area contributed by atoms with Crippen molar-refractivity contribution < 1.29 is 22.3 Å². The molecule has 1 aromatic heterocycles. The number of carbonyl (C=O) groups excluding carboxylic acids is 2. The first-order valence-corrected chi connectivity index (χ1v) is 9.21. The minimum Gasteiger partial charge on any atom is -0.295 e. The molecule has 0 bridgehead atoms. The SMILES string of the molecule is Cn1c(=O)n(C)c2cc(S(=O)(=O)ON3C(=O)c4ccccc4C3=O)ccc21. The maximum Gasteiger partial charge on any atom is 0.328 e. The number of hydrogen-bond donors (Lipinski definition) is 0. The maximum atomic E-state index is 12.6. The van der Waals surface area contributed by atoms with Crippen molar-refractivity contribution in [2.45, 2.75) is 4.90 Å². The van der Waals surface area contributed by atoms with Gasteiger partial charge in [0.1, 0.15) is 0 Å². The van der Waals surface area contributed by atoms with Crippen molar-refractivity contribution in [3.05, 3.63) is 64.1 Å². The summed E-state index contributed by atoms with van der Waals surface area (Å²) >= 11 is 0. The molecule has 3 aromatic rings. The van der Waals surface area contributed by atoms with Crippen molar-refractivity contribution in [3.8, 4) is 0 Å². The number of imide groups is 1. The van der Waals surface area contributed by atoms with Crippen LogP contribution in [-0.2, 0) is 28.5 Å². The summed E-state index contributed by atoms with van der Waals surface area (Å²) < 4.78 is 32.7. The number of aromatic nitrogens is 2. The lowest BCUT2D eigenvalue weighted by molar-refractivity contribution is -0.0103. The van der Waals surface area contributed by atoms with Gasteiger partial charge in [-0.25, -0.2) is 4.79 Å². The fraction of sp³-hybridized carbons (Fsp3) is 0.118. The molecule has 0 spiro atoms. The predicted octanol–water partition coefficient (Wildman–Crippen LogP) is 0.793. The molecule has 0 N–H and O–H groups in total. The summed E-state index contributed by atoms with van der Waals surface area (Å²) in [6, 6.07) is 9.90. The van der Waals surface area contributed by atoms with Gasteiger partial charge in [-0.3, -0.25) is 18.7 Å². The van der Waals surface area contributed by atoms with Crippen molar-refractivity contribution in [1.29, 1.82) is 0 Å². The van der Waals surface area contributed by atoms with Gasteiger partial charge >= 0.3 is 15.8 Å². The first-order valence-electron chi connectivity index (χ1n) is 7.80. The Morgan fingerprint density at radius 1 is 0.815 bits per heavy atom. The Kier molecular flexibility index (Phi) is 3.58. The van der Waals surface area contributed by atoms with Crippen molar-refractivity contribution in [2.75, 3.05) is 0 Å². The Morgan fingerprint density at radius 2 is 1.37 bits per heavy atom. The Bertz CT molecular complexity index is 1270. The number of hydroxylamine groups is 2. The van der Waals surface area contributed by atoms with Crippen LogP contribution in [0.4, 0.5) is 0 Å². The van der Waals surface area contributed by atoms with E-state index in [1.807, 2.05) is 0 Å².